The Kier molecular flexibility index (Phi) is 7.75. The first kappa shape index (κ1) is 16.2. The second-order valence-electron chi connectivity index (χ2n) is 3.78. The Bertz CT molecular complexity index is 556. The lowest BCUT2D eigenvalue weighted by molar-refractivity contribution is -0.109. The number of amides is 1. The molecule has 2 aromatic rings. The summed E-state index contributed by atoms with van der Waals surface area (Å²) in [6.45, 7) is 0. The van der Waals surface area contributed by atoms with E-state index in [1.165, 1.54) is 7.11 Å². The van der Waals surface area contributed by atoms with E-state index < -0.39 is 0 Å². The predicted octanol–water partition coefficient (Wildman–Crippen LogP) is 2.82. The minimum absolute atomic E-state index is 0.625. The van der Waals surface area contributed by atoms with E-state index in [4.69, 9.17) is 9.53 Å². The maximum Gasteiger partial charge on any atom is 0.206 e. The normalized spacial score (nSPS) is 9.43. The van der Waals surface area contributed by atoms with E-state index in [1.54, 1.807) is 13.3 Å². The third kappa shape index (κ3) is 6.24. The molecular weight excluding hydrogens is 268 g/mol. The van der Waals surface area contributed by atoms with Gasteiger partial charge in [-0.1, -0.05) is 35.5 Å². The van der Waals surface area contributed by atoms with Crippen LogP contribution in [0.5, 0.6) is 11.5 Å². The molecule has 0 aliphatic rings. The maximum absolute atomic E-state index is 9.06. The molecule has 0 aromatic heterocycles. The Balaban J connectivity index is 0.000000491. The van der Waals surface area contributed by atoms with Crippen molar-refractivity contribution < 1.29 is 14.4 Å². The van der Waals surface area contributed by atoms with Gasteiger partial charge in [0.05, 0.1) is 6.21 Å². The molecule has 0 radical (unpaired) electrons. The number of para-hydroxylation sites is 2. The van der Waals surface area contributed by atoms with Crippen LogP contribution < -0.4 is 10.1 Å². The van der Waals surface area contributed by atoms with E-state index in [0.29, 0.717) is 6.41 Å². The summed E-state index contributed by atoms with van der Waals surface area (Å²) in [7, 11) is 3.07. The minimum Gasteiger partial charge on any atom is -0.457 e. The molecule has 0 unspecified atom stereocenters. The molecule has 1 N–H and O–H groups in total. The summed E-state index contributed by atoms with van der Waals surface area (Å²) in [5, 5.41) is 5.99. The number of hydrogen-bond donors (Lipinski definition) is 1. The molecule has 0 fully saturated rings. The molecule has 110 valence electrons. The van der Waals surface area contributed by atoms with Crippen LogP contribution in [0.1, 0.15) is 5.56 Å². The van der Waals surface area contributed by atoms with E-state index in [-0.39, 0.29) is 0 Å². The molecule has 0 bridgehead atoms. The van der Waals surface area contributed by atoms with Crippen molar-refractivity contribution in [3.05, 3.63) is 60.2 Å². The van der Waals surface area contributed by atoms with Crippen LogP contribution in [0.25, 0.3) is 0 Å². The number of ether oxygens (including phenoxy) is 1. The third-order valence-corrected chi connectivity index (χ3v) is 2.31. The van der Waals surface area contributed by atoms with Gasteiger partial charge in [-0.25, -0.2) is 0 Å². The zero-order valence-electron chi connectivity index (χ0n) is 12.0. The lowest BCUT2D eigenvalue weighted by atomic mass is 10.2. The lowest BCUT2D eigenvalue weighted by Gasteiger charge is -2.07. The number of carbonyl (C=O) groups excluding carboxylic acids is 1. The Hall–Kier alpha value is -2.82. The molecule has 2 rings (SSSR count). The zero-order valence-corrected chi connectivity index (χ0v) is 12.0. The van der Waals surface area contributed by atoms with Gasteiger partial charge in [0, 0.05) is 12.6 Å². The van der Waals surface area contributed by atoms with Crippen molar-refractivity contribution in [1.82, 2.24) is 5.32 Å². The summed E-state index contributed by atoms with van der Waals surface area (Å²) in [5.74, 6) is 1.55. The van der Waals surface area contributed by atoms with Crippen molar-refractivity contribution in [2.75, 3.05) is 14.2 Å². The molecule has 21 heavy (non-hydrogen) atoms. The summed E-state index contributed by atoms with van der Waals surface area (Å²) in [6.07, 6.45) is 2.25. The summed E-state index contributed by atoms with van der Waals surface area (Å²) in [4.78, 5) is 13.7. The molecule has 0 spiro atoms. The van der Waals surface area contributed by atoms with Gasteiger partial charge in [-0.3, -0.25) is 4.79 Å². The maximum atomic E-state index is 9.06. The van der Waals surface area contributed by atoms with E-state index in [9.17, 15) is 0 Å². The van der Waals surface area contributed by atoms with Crippen LogP contribution in [-0.4, -0.2) is 26.8 Å². The van der Waals surface area contributed by atoms with Crippen LogP contribution in [0.15, 0.2) is 59.8 Å². The molecule has 0 heterocycles. The average molecular weight is 286 g/mol. The Labute approximate surface area is 124 Å². The number of benzene rings is 2. The van der Waals surface area contributed by atoms with Gasteiger partial charge in [-0.2, -0.15) is 0 Å². The fourth-order valence-electron chi connectivity index (χ4n) is 1.41. The predicted molar refractivity (Wildman–Crippen MR) is 82.7 cm³/mol. The summed E-state index contributed by atoms with van der Waals surface area (Å²) < 4.78 is 5.76. The van der Waals surface area contributed by atoms with Crippen LogP contribution >= 0.6 is 0 Å². The van der Waals surface area contributed by atoms with Gasteiger partial charge in [0.2, 0.25) is 6.41 Å². The van der Waals surface area contributed by atoms with Crippen molar-refractivity contribution in [3.8, 4) is 11.5 Å². The van der Waals surface area contributed by atoms with Crippen molar-refractivity contribution in [1.29, 1.82) is 0 Å². The first-order valence-electron chi connectivity index (χ1n) is 6.31. The van der Waals surface area contributed by atoms with Gasteiger partial charge < -0.3 is 14.9 Å². The molecular formula is C16H18N2O3. The molecule has 0 aliphatic carbocycles. The molecule has 0 atom stereocenters. The fraction of sp³-hybridized carbons (Fsp3) is 0.125. The Morgan fingerprint density at radius 2 is 1.67 bits per heavy atom. The molecule has 1 amide bonds. The molecule has 2 aromatic carbocycles. The van der Waals surface area contributed by atoms with Gasteiger partial charge in [-0.15, -0.1) is 0 Å². The second-order valence-corrected chi connectivity index (χ2v) is 3.78. The smallest absolute Gasteiger partial charge is 0.206 e. The Morgan fingerprint density at radius 3 is 2.29 bits per heavy atom. The first-order valence-corrected chi connectivity index (χ1v) is 6.31. The molecule has 0 aliphatic heterocycles. The summed E-state index contributed by atoms with van der Waals surface area (Å²) in [6, 6.07) is 17.3. The van der Waals surface area contributed by atoms with Crippen LogP contribution in [-0.2, 0) is 9.63 Å². The number of oxime groups is 1. The van der Waals surface area contributed by atoms with Crippen LogP contribution in [0.2, 0.25) is 0 Å². The van der Waals surface area contributed by atoms with Gasteiger partial charge in [0.15, 0.2) is 0 Å². The second kappa shape index (κ2) is 10.0. The van der Waals surface area contributed by atoms with Crippen LogP contribution in [0.3, 0.4) is 0 Å². The highest BCUT2D eigenvalue weighted by Gasteiger charge is 2.01. The van der Waals surface area contributed by atoms with Gasteiger partial charge in [0.1, 0.15) is 18.6 Å². The quantitative estimate of drug-likeness (QED) is 0.522. The lowest BCUT2D eigenvalue weighted by Crippen LogP contribution is -1.98. The number of nitrogens with zero attached hydrogens (tertiary/aromatic N) is 1. The number of hydrogen-bond acceptors (Lipinski definition) is 4. The van der Waals surface area contributed by atoms with E-state index in [2.05, 4.69) is 15.3 Å². The van der Waals surface area contributed by atoms with E-state index >= 15 is 0 Å². The molecule has 5 heteroatoms. The third-order valence-electron chi connectivity index (χ3n) is 2.31. The molecule has 0 saturated heterocycles. The molecule has 5 nitrogen and oxygen atoms in total. The van der Waals surface area contributed by atoms with Gasteiger partial charge >= 0.3 is 0 Å². The van der Waals surface area contributed by atoms with Gasteiger partial charge in [-0.05, 0) is 24.3 Å². The average Bonchev–Trinajstić information content (AvgIpc) is 2.55. The SMILES string of the molecule is CNC=O.CO/N=C/c1ccccc1Oc1ccccc1. The largest absolute Gasteiger partial charge is 0.457 e. The zero-order chi connectivity index (χ0) is 15.3. The highest BCUT2D eigenvalue weighted by Crippen LogP contribution is 2.23. The van der Waals surface area contributed by atoms with Crippen molar-refractivity contribution >= 4 is 12.6 Å². The summed E-state index contributed by atoms with van der Waals surface area (Å²) >= 11 is 0. The monoisotopic (exact) mass is 286 g/mol. The number of nitrogens with one attached hydrogen (secondary N) is 1. The standard InChI is InChI=1S/C14H13NO2.C2H5NO/c1-16-15-11-12-7-5-6-10-14(12)17-13-8-3-2-4-9-13;1-3-2-4/h2-11H,1H3;2H,1H3,(H,3,4)/b15-11+;. The topological polar surface area (TPSA) is 59.9 Å². The fourth-order valence-corrected chi connectivity index (χ4v) is 1.41. The summed E-state index contributed by atoms with van der Waals surface area (Å²) in [5.41, 5.74) is 0.873. The first-order chi connectivity index (χ1) is 10.3. The minimum atomic E-state index is 0.625. The number of rotatable bonds is 5. The van der Waals surface area contributed by atoms with E-state index in [0.717, 1.165) is 17.1 Å². The molecule has 0 saturated carbocycles. The highest BCUT2D eigenvalue weighted by molar-refractivity contribution is 5.83. The highest BCUT2D eigenvalue weighted by atomic mass is 16.6. The van der Waals surface area contributed by atoms with Crippen molar-refractivity contribution in [2.45, 2.75) is 0 Å². The van der Waals surface area contributed by atoms with Crippen LogP contribution in [0, 0.1) is 0 Å². The van der Waals surface area contributed by atoms with Crippen LogP contribution in [0.4, 0.5) is 0 Å². The van der Waals surface area contributed by atoms with Crippen molar-refractivity contribution in [3.63, 3.8) is 0 Å². The Morgan fingerprint density at radius 1 is 1.05 bits per heavy atom. The number of carbonyl (C=O) groups is 1. The van der Waals surface area contributed by atoms with E-state index in [1.807, 2.05) is 54.6 Å². The van der Waals surface area contributed by atoms with Gasteiger partial charge in [0.25, 0.3) is 0 Å². The van der Waals surface area contributed by atoms with Crippen molar-refractivity contribution in [2.24, 2.45) is 5.16 Å².